The maximum Gasteiger partial charge on any atom is 0.190 e. The predicted molar refractivity (Wildman–Crippen MR) is 133 cm³/mol. The zero-order valence-corrected chi connectivity index (χ0v) is 20.2. The van der Waals surface area contributed by atoms with E-state index >= 15 is 0 Å². The Morgan fingerprint density at radius 3 is 2.23 bits per heavy atom. The van der Waals surface area contributed by atoms with E-state index in [1.807, 2.05) is 25.2 Å². The molecule has 160 valence electrons. The van der Waals surface area contributed by atoms with Crippen molar-refractivity contribution < 1.29 is 0 Å². The van der Waals surface area contributed by atoms with Gasteiger partial charge in [-0.1, -0.05) is 78.4 Å². The Bertz CT molecular complexity index is 929. The van der Waals surface area contributed by atoms with E-state index in [9.17, 15) is 0 Å². The number of benzene rings is 2. The van der Waals surface area contributed by atoms with E-state index in [0.29, 0.717) is 0 Å². The number of unbranched alkanes of at least 4 members (excludes halogenated alkanes) is 6. The zero-order chi connectivity index (χ0) is 21.0. The monoisotopic (exact) mass is 485 g/mol. The van der Waals surface area contributed by atoms with Crippen molar-refractivity contribution in [3.63, 3.8) is 0 Å². The van der Waals surface area contributed by atoms with Gasteiger partial charge in [0.05, 0.1) is 11.4 Å². The van der Waals surface area contributed by atoms with E-state index in [2.05, 4.69) is 67.6 Å². The normalized spacial score (nSPS) is 11.9. The molecule has 0 aliphatic rings. The smallest absolute Gasteiger partial charge is 0.190 e. The summed E-state index contributed by atoms with van der Waals surface area (Å²) in [5.41, 5.74) is 3.51. The lowest BCUT2D eigenvalue weighted by Crippen LogP contribution is -2.16. The molecule has 0 bridgehead atoms. The van der Waals surface area contributed by atoms with Crippen LogP contribution in [-0.4, -0.2) is 18.2 Å². The van der Waals surface area contributed by atoms with E-state index in [1.165, 1.54) is 56.2 Å². The van der Waals surface area contributed by atoms with Crippen LogP contribution in [0.15, 0.2) is 69.4 Å². The van der Waals surface area contributed by atoms with Gasteiger partial charge in [-0.2, -0.15) is 0 Å². The average Bonchev–Trinajstić information content (AvgIpc) is 3.16. The maximum atomic E-state index is 4.93. The molecule has 0 fully saturated rings. The summed E-state index contributed by atoms with van der Waals surface area (Å²) in [7, 11) is 2.03. The number of nitrogens with zero attached hydrogens (tertiary/aromatic N) is 2. The van der Waals surface area contributed by atoms with E-state index in [0.717, 1.165) is 28.1 Å². The number of para-hydroxylation sites is 1. The highest BCUT2D eigenvalue weighted by atomic mass is 79.9. The SMILES string of the molecule is CNCCCCCCCCCn1c(-c2ccc(Br)cc2)csc1=Nc1ccccc1. The molecule has 3 rings (SSSR count). The van der Waals surface area contributed by atoms with E-state index in [-0.39, 0.29) is 0 Å². The topological polar surface area (TPSA) is 29.3 Å². The number of hydrogen-bond donors (Lipinski definition) is 1. The fourth-order valence-electron chi connectivity index (χ4n) is 3.55. The third-order valence-corrected chi connectivity index (χ3v) is 6.62. The van der Waals surface area contributed by atoms with Gasteiger partial charge in [0, 0.05) is 16.4 Å². The summed E-state index contributed by atoms with van der Waals surface area (Å²) in [4.78, 5) is 6.00. The summed E-state index contributed by atoms with van der Waals surface area (Å²) in [5, 5.41) is 5.47. The van der Waals surface area contributed by atoms with Crippen molar-refractivity contribution in [2.45, 2.75) is 51.5 Å². The summed E-state index contributed by atoms with van der Waals surface area (Å²) in [6, 6.07) is 18.8. The first-order valence-corrected chi connectivity index (χ1v) is 12.6. The summed E-state index contributed by atoms with van der Waals surface area (Å²) in [6.45, 7) is 2.15. The first kappa shape index (κ1) is 23.0. The first-order chi connectivity index (χ1) is 14.8. The van der Waals surface area contributed by atoms with Crippen molar-refractivity contribution in [2.24, 2.45) is 4.99 Å². The Morgan fingerprint density at radius 2 is 1.53 bits per heavy atom. The van der Waals surface area contributed by atoms with Crippen LogP contribution in [0.4, 0.5) is 5.69 Å². The van der Waals surface area contributed by atoms with E-state index in [4.69, 9.17) is 4.99 Å². The average molecular weight is 487 g/mol. The molecular weight excluding hydrogens is 454 g/mol. The lowest BCUT2D eigenvalue weighted by atomic mass is 10.1. The second kappa shape index (κ2) is 12.9. The molecule has 1 aromatic heterocycles. The lowest BCUT2D eigenvalue weighted by Gasteiger charge is -2.10. The number of nitrogens with one attached hydrogen (secondary N) is 1. The van der Waals surface area contributed by atoms with Gasteiger partial charge in [-0.3, -0.25) is 0 Å². The van der Waals surface area contributed by atoms with Crippen LogP contribution in [0.5, 0.6) is 0 Å². The molecule has 30 heavy (non-hydrogen) atoms. The van der Waals surface area contributed by atoms with Gasteiger partial charge in [-0.25, -0.2) is 4.99 Å². The van der Waals surface area contributed by atoms with Gasteiger partial charge in [0.15, 0.2) is 4.80 Å². The van der Waals surface area contributed by atoms with Gasteiger partial charge in [0.25, 0.3) is 0 Å². The molecule has 5 heteroatoms. The quantitative estimate of drug-likeness (QED) is 0.271. The highest BCUT2D eigenvalue weighted by Crippen LogP contribution is 2.23. The van der Waals surface area contributed by atoms with Gasteiger partial charge in [0.2, 0.25) is 0 Å². The molecule has 0 aliphatic carbocycles. The molecule has 0 amide bonds. The molecule has 1 N–H and O–H groups in total. The van der Waals surface area contributed by atoms with Crippen molar-refractivity contribution >= 4 is 33.0 Å². The molecule has 1 heterocycles. The molecule has 0 radical (unpaired) electrons. The van der Waals surface area contributed by atoms with Crippen molar-refractivity contribution in [2.75, 3.05) is 13.6 Å². The summed E-state index contributed by atoms with van der Waals surface area (Å²) in [6.07, 6.45) is 9.13. The predicted octanol–water partition coefficient (Wildman–Crippen LogP) is 7.16. The molecule has 0 aliphatic heterocycles. The third kappa shape index (κ3) is 7.22. The molecule has 0 spiro atoms. The minimum Gasteiger partial charge on any atom is -0.320 e. The molecule has 0 unspecified atom stereocenters. The summed E-state index contributed by atoms with van der Waals surface area (Å²) in [5.74, 6) is 0. The first-order valence-electron chi connectivity index (χ1n) is 11.0. The van der Waals surface area contributed by atoms with Crippen LogP contribution in [0.3, 0.4) is 0 Å². The Balaban J connectivity index is 1.67. The Kier molecular flexibility index (Phi) is 9.87. The molecule has 0 saturated heterocycles. The summed E-state index contributed by atoms with van der Waals surface area (Å²) >= 11 is 5.27. The maximum absolute atomic E-state index is 4.93. The Morgan fingerprint density at radius 1 is 0.867 bits per heavy atom. The minimum atomic E-state index is 1.01. The number of aromatic nitrogens is 1. The van der Waals surface area contributed by atoms with Crippen LogP contribution in [-0.2, 0) is 6.54 Å². The number of thiazole rings is 1. The van der Waals surface area contributed by atoms with Crippen LogP contribution in [0.1, 0.15) is 44.9 Å². The second-order valence-corrected chi connectivity index (χ2v) is 9.34. The second-order valence-electron chi connectivity index (χ2n) is 7.59. The Hall–Kier alpha value is -1.69. The molecular formula is C25H32BrN3S. The van der Waals surface area contributed by atoms with Crippen LogP contribution < -0.4 is 10.1 Å². The fraction of sp³-hybridized carbons (Fsp3) is 0.400. The summed E-state index contributed by atoms with van der Waals surface area (Å²) < 4.78 is 3.50. The molecule has 0 atom stereocenters. The van der Waals surface area contributed by atoms with Crippen LogP contribution >= 0.6 is 27.3 Å². The van der Waals surface area contributed by atoms with Gasteiger partial charge in [0.1, 0.15) is 0 Å². The van der Waals surface area contributed by atoms with Gasteiger partial charge in [-0.15, -0.1) is 11.3 Å². The van der Waals surface area contributed by atoms with E-state index < -0.39 is 0 Å². The van der Waals surface area contributed by atoms with Crippen molar-refractivity contribution in [1.29, 1.82) is 0 Å². The van der Waals surface area contributed by atoms with Crippen molar-refractivity contribution in [3.05, 3.63) is 69.3 Å². The van der Waals surface area contributed by atoms with Crippen molar-refractivity contribution in [3.8, 4) is 11.3 Å². The van der Waals surface area contributed by atoms with Crippen LogP contribution in [0.25, 0.3) is 11.3 Å². The molecule has 0 saturated carbocycles. The fourth-order valence-corrected chi connectivity index (χ4v) is 4.77. The van der Waals surface area contributed by atoms with Crippen molar-refractivity contribution in [1.82, 2.24) is 9.88 Å². The zero-order valence-electron chi connectivity index (χ0n) is 17.8. The highest BCUT2D eigenvalue weighted by molar-refractivity contribution is 9.10. The van der Waals surface area contributed by atoms with Crippen LogP contribution in [0, 0.1) is 0 Å². The van der Waals surface area contributed by atoms with Gasteiger partial charge in [-0.05, 0) is 56.3 Å². The standard InChI is InChI=1S/C25H32BrN3S/c1-27-18-10-5-3-2-4-6-11-19-29-24(21-14-16-22(26)17-15-21)20-30-25(29)28-23-12-8-7-9-13-23/h7-9,12-17,20,27H,2-6,10-11,18-19H2,1H3. The minimum absolute atomic E-state index is 1.01. The number of hydrogen-bond acceptors (Lipinski definition) is 3. The largest absolute Gasteiger partial charge is 0.320 e. The lowest BCUT2D eigenvalue weighted by molar-refractivity contribution is 0.539. The Labute approximate surface area is 193 Å². The number of halogens is 1. The number of rotatable bonds is 12. The van der Waals surface area contributed by atoms with Crippen LogP contribution in [0.2, 0.25) is 0 Å². The molecule has 3 nitrogen and oxygen atoms in total. The molecule has 2 aromatic carbocycles. The third-order valence-electron chi connectivity index (χ3n) is 5.23. The van der Waals surface area contributed by atoms with Gasteiger partial charge < -0.3 is 9.88 Å². The van der Waals surface area contributed by atoms with E-state index in [1.54, 1.807) is 11.3 Å². The van der Waals surface area contributed by atoms with Gasteiger partial charge >= 0.3 is 0 Å². The molecule has 3 aromatic rings. The highest BCUT2D eigenvalue weighted by Gasteiger charge is 2.08.